The Bertz CT molecular complexity index is 868. The predicted octanol–water partition coefficient (Wildman–Crippen LogP) is 2.74. The zero-order valence-electron chi connectivity index (χ0n) is 16.1. The zero-order valence-corrected chi connectivity index (χ0v) is 16.9. The average Bonchev–Trinajstić information content (AvgIpc) is 2.60. The summed E-state index contributed by atoms with van der Waals surface area (Å²) in [6, 6.07) is 13.6. The standard InChI is InChI=1S/C20H26N2O4S/c1-20(2,3)22-27(24,25)18-11-7-16(8-12-18)19(23)21-14-13-15-5-9-17(26-4)10-6-15/h5-12,22H,13-14H2,1-4H3,(H,21,23). The molecule has 6 nitrogen and oxygen atoms in total. The van der Waals surface area contributed by atoms with Crippen molar-refractivity contribution in [3.05, 3.63) is 59.7 Å². The maximum absolute atomic E-state index is 12.3. The molecular formula is C20H26N2O4S. The molecule has 2 aromatic rings. The van der Waals surface area contributed by atoms with E-state index in [-0.39, 0.29) is 10.8 Å². The van der Waals surface area contributed by atoms with E-state index >= 15 is 0 Å². The van der Waals surface area contributed by atoms with Crippen LogP contribution in [0.5, 0.6) is 5.75 Å². The van der Waals surface area contributed by atoms with Crippen LogP contribution in [0.4, 0.5) is 0 Å². The Labute approximate surface area is 161 Å². The molecule has 0 unspecified atom stereocenters. The highest BCUT2D eigenvalue weighted by Crippen LogP contribution is 2.14. The molecule has 0 aliphatic heterocycles. The second kappa shape index (κ2) is 8.54. The highest BCUT2D eigenvalue weighted by Gasteiger charge is 2.22. The Kier molecular flexibility index (Phi) is 6.62. The van der Waals surface area contributed by atoms with Crippen molar-refractivity contribution in [1.29, 1.82) is 0 Å². The van der Waals surface area contributed by atoms with Crippen LogP contribution in [-0.4, -0.2) is 33.5 Å². The van der Waals surface area contributed by atoms with E-state index in [4.69, 9.17) is 4.74 Å². The summed E-state index contributed by atoms with van der Waals surface area (Å²) in [7, 11) is -2.00. The Morgan fingerprint density at radius 2 is 1.59 bits per heavy atom. The van der Waals surface area contributed by atoms with Crippen molar-refractivity contribution in [3.63, 3.8) is 0 Å². The van der Waals surface area contributed by atoms with Crippen LogP contribution >= 0.6 is 0 Å². The first kappa shape index (κ1) is 20.9. The molecule has 2 N–H and O–H groups in total. The number of hydrogen-bond donors (Lipinski definition) is 2. The van der Waals surface area contributed by atoms with Crippen molar-refractivity contribution in [3.8, 4) is 5.75 Å². The summed E-state index contributed by atoms with van der Waals surface area (Å²) in [5.41, 5.74) is 0.932. The minimum atomic E-state index is -3.61. The Morgan fingerprint density at radius 3 is 2.11 bits per heavy atom. The van der Waals surface area contributed by atoms with Crippen LogP contribution < -0.4 is 14.8 Å². The lowest BCUT2D eigenvalue weighted by Crippen LogP contribution is -2.40. The Hall–Kier alpha value is -2.38. The normalized spacial score (nSPS) is 11.9. The number of methoxy groups -OCH3 is 1. The number of ether oxygens (including phenoxy) is 1. The smallest absolute Gasteiger partial charge is 0.251 e. The average molecular weight is 391 g/mol. The van der Waals surface area contributed by atoms with Gasteiger partial charge in [0, 0.05) is 17.6 Å². The fourth-order valence-corrected chi connectivity index (χ4v) is 3.88. The van der Waals surface area contributed by atoms with Gasteiger partial charge in [0.2, 0.25) is 10.0 Å². The molecule has 146 valence electrons. The van der Waals surface area contributed by atoms with E-state index < -0.39 is 15.6 Å². The Morgan fingerprint density at radius 1 is 1.00 bits per heavy atom. The van der Waals surface area contributed by atoms with Gasteiger partial charge in [0.25, 0.3) is 5.91 Å². The van der Waals surface area contributed by atoms with Gasteiger partial charge in [0.1, 0.15) is 5.75 Å². The molecule has 7 heteroatoms. The van der Waals surface area contributed by atoms with E-state index in [1.807, 2.05) is 24.3 Å². The first-order valence-corrected chi connectivity index (χ1v) is 10.1. The lowest BCUT2D eigenvalue weighted by atomic mass is 10.1. The molecular weight excluding hydrogens is 364 g/mol. The summed E-state index contributed by atoms with van der Waals surface area (Å²) in [5.74, 6) is 0.551. The molecule has 0 fully saturated rings. The molecule has 0 heterocycles. The quantitative estimate of drug-likeness (QED) is 0.761. The molecule has 0 saturated heterocycles. The van der Waals surface area contributed by atoms with Crippen molar-refractivity contribution in [2.45, 2.75) is 37.6 Å². The lowest BCUT2D eigenvalue weighted by molar-refractivity contribution is 0.0954. The van der Waals surface area contributed by atoms with Crippen molar-refractivity contribution >= 4 is 15.9 Å². The number of sulfonamides is 1. The largest absolute Gasteiger partial charge is 0.497 e. The van der Waals surface area contributed by atoms with E-state index in [0.29, 0.717) is 18.5 Å². The van der Waals surface area contributed by atoms with Crippen LogP contribution in [0.3, 0.4) is 0 Å². The monoisotopic (exact) mass is 390 g/mol. The third kappa shape index (κ3) is 6.37. The topological polar surface area (TPSA) is 84.5 Å². The van der Waals surface area contributed by atoms with Crippen LogP contribution in [0, 0.1) is 0 Å². The maximum atomic E-state index is 12.3. The van der Waals surface area contributed by atoms with Crippen LogP contribution in [0.15, 0.2) is 53.4 Å². The first-order chi connectivity index (χ1) is 12.6. The maximum Gasteiger partial charge on any atom is 0.251 e. The summed E-state index contributed by atoms with van der Waals surface area (Å²) in [4.78, 5) is 12.4. The van der Waals surface area contributed by atoms with Gasteiger partial charge in [0.05, 0.1) is 12.0 Å². The number of carbonyl (C=O) groups is 1. The molecule has 2 rings (SSSR count). The number of nitrogens with one attached hydrogen (secondary N) is 2. The number of carbonyl (C=O) groups excluding carboxylic acids is 1. The van der Waals surface area contributed by atoms with Crippen molar-refractivity contribution in [2.24, 2.45) is 0 Å². The van der Waals surface area contributed by atoms with Crippen LogP contribution in [0.1, 0.15) is 36.7 Å². The molecule has 0 bridgehead atoms. The van der Waals surface area contributed by atoms with E-state index in [2.05, 4.69) is 10.0 Å². The number of hydrogen-bond acceptors (Lipinski definition) is 4. The van der Waals surface area contributed by atoms with Gasteiger partial charge in [-0.15, -0.1) is 0 Å². The van der Waals surface area contributed by atoms with Crippen molar-refractivity contribution < 1.29 is 17.9 Å². The zero-order chi connectivity index (χ0) is 20.1. The van der Waals surface area contributed by atoms with Gasteiger partial charge in [-0.25, -0.2) is 13.1 Å². The third-order valence-electron chi connectivity index (χ3n) is 3.73. The van der Waals surface area contributed by atoms with Crippen molar-refractivity contribution in [2.75, 3.05) is 13.7 Å². The molecule has 0 spiro atoms. The molecule has 0 saturated carbocycles. The van der Waals surface area contributed by atoms with Gasteiger partial charge in [-0.2, -0.15) is 0 Å². The minimum Gasteiger partial charge on any atom is -0.497 e. The van der Waals surface area contributed by atoms with Gasteiger partial charge >= 0.3 is 0 Å². The SMILES string of the molecule is COc1ccc(CCNC(=O)c2ccc(S(=O)(=O)NC(C)(C)C)cc2)cc1. The number of rotatable bonds is 7. The molecule has 0 radical (unpaired) electrons. The molecule has 0 aliphatic rings. The van der Waals surface area contributed by atoms with Gasteiger partial charge in [-0.3, -0.25) is 4.79 Å². The van der Waals surface area contributed by atoms with E-state index in [9.17, 15) is 13.2 Å². The van der Waals surface area contributed by atoms with Crippen molar-refractivity contribution in [1.82, 2.24) is 10.0 Å². The van der Waals surface area contributed by atoms with Crippen LogP contribution in [0.2, 0.25) is 0 Å². The highest BCUT2D eigenvalue weighted by molar-refractivity contribution is 7.89. The van der Waals surface area contributed by atoms with Gasteiger partial charge in [0.15, 0.2) is 0 Å². The van der Waals surface area contributed by atoms with Crippen LogP contribution in [-0.2, 0) is 16.4 Å². The third-order valence-corrected chi connectivity index (χ3v) is 5.50. The summed E-state index contributed by atoms with van der Waals surface area (Å²) in [5, 5.41) is 2.84. The minimum absolute atomic E-state index is 0.132. The Balaban J connectivity index is 1.93. The predicted molar refractivity (Wildman–Crippen MR) is 106 cm³/mol. The number of amides is 1. The molecule has 27 heavy (non-hydrogen) atoms. The fourth-order valence-electron chi connectivity index (χ4n) is 2.46. The summed E-state index contributed by atoms with van der Waals surface area (Å²) in [6.07, 6.45) is 0.692. The summed E-state index contributed by atoms with van der Waals surface area (Å²) < 4.78 is 32.3. The number of benzene rings is 2. The second-order valence-electron chi connectivity index (χ2n) is 7.23. The van der Waals surface area contributed by atoms with Crippen LogP contribution in [0.25, 0.3) is 0 Å². The molecule has 0 aliphatic carbocycles. The summed E-state index contributed by atoms with van der Waals surface area (Å²) in [6.45, 7) is 5.80. The second-order valence-corrected chi connectivity index (χ2v) is 8.92. The molecule has 2 aromatic carbocycles. The van der Waals surface area contributed by atoms with E-state index in [0.717, 1.165) is 11.3 Å². The lowest BCUT2D eigenvalue weighted by Gasteiger charge is -2.20. The van der Waals surface area contributed by atoms with E-state index in [1.165, 1.54) is 24.3 Å². The van der Waals surface area contributed by atoms with E-state index in [1.54, 1.807) is 27.9 Å². The van der Waals surface area contributed by atoms with Gasteiger partial charge in [-0.05, 0) is 69.2 Å². The summed E-state index contributed by atoms with van der Waals surface area (Å²) >= 11 is 0. The van der Waals surface area contributed by atoms with Gasteiger partial charge < -0.3 is 10.1 Å². The fraction of sp³-hybridized carbons (Fsp3) is 0.350. The molecule has 1 amide bonds. The van der Waals surface area contributed by atoms with Gasteiger partial charge in [-0.1, -0.05) is 12.1 Å². The molecule has 0 aromatic heterocycles. The first-order valence-electron chi connectivity index (χ1n) is 8.66. The molecule has 0 atom stereocenters. The highest BCUT2D eigenvalue weighted by atomic mass is 32.2.